The molecule has 1 atom stereocenters. The first-order chi connectivity index (χ1) is 12.7. The molecule has 2 aromatic rings. The Morgan fingerprint density at radius 3 is 2.62 bits per heavy atom. The Bertz CT molecular complexity index is 737. The maximum absolute atomic E-state index is 12.4. The van der Waals surface area contributed by atoms with E-state index in [1.165, 1.54) is 18.4 Å². The predicted molar refractivity (Wildman–Crippen MR) is 102 cm³/mol. The molecule has 0 radical (unpaired) electrons. The third-order valence-electron chi connectivity index (χ3n) is 4.87. The zero-order valence-electron chi connectivity index (χ0n) is 15.4. The first-order valence-corrected chi connectivity index (χ1v) is 9.01. The van der Waals surface area contributed by atoms with E-state index in [1.807, 2.05) is 30.3 Å². The molecule has 0 unspecified atom stereocenters. The summed E-state index contributed by atoms with van der Waals surface area (Å²) in [5.41, 5.74) is 2.88. The van der Waals surface area contributed by atoms with Gasteiger partial charge < -0.3 is 20.1 Å². The molecule has 0 bridgehead atoms. The molecule has 1 amide bonds. The molecule has 3 rings (SSSR count). The summed E-state index contributed by atoms with van der Waals surface area (Å²) >= 11 is 0. The number of rotatable bonds is 6. The minimum Gasteiger partial charge on any atom is -0.497 e. The second-order valence-electron chi connectivity index (χ2n) is 6.53. The molecule has 1 fully saturated rings. The van der Waals surface area contributed by atoms with Gasteiger partial charge in [-0.05, 0) is 55.1 Å². The molecule has 2 N–H and O–H groups in total. The van der Waals surface area contributed by atoms with Crippen molar-refractivity contribution in [3.63, 3.8) is 0 Å². The average Bonchev–Trinajstić information content (AvgIpc) is 2.72. The quantitative estimate of drug-likeness (QED) is 0.837. The fraction of sp³-hybridized carbons (Fsp3) is 0.381. The van der Waals surface area contributed by atoms with Gasteiger partial charge in [0, 0.05) is 30.3 Å². The Balaban J connectivity index is 1.61. The molecule has 2 aromatic carbocycles. The molecule has 5 heteroatoms. The van der Waals surface area contributed by atoms with Gasteiger partial charge in [-0.3, -0.25) is 4.79 Å². The molecule has 0 aromatic heterocycles. The van der Waals surface area contributed by atoms with Crippen LogP contribution in [0.2, 0.25) is 0 Å². The van der Waals surface area contributed by atoms with Crippen LogP contribution in [0.25, 0.3) is 0 Å². The lowest BCUT2D eigenvalue weighted by molar-refractivity contribution is 0.0950. The van der Waals surface area contributed by atoms with Crippen molar-refractivity contribution in [2.45, 2.75) is 25.3 Å². The zero-order valence-corrected chi connectivity index (χ0v) is 15.4. The lowest BCUT2D eigenvalue weighted by Crippen LogP contribution is -2.28. The number of benzene rings is 2. The number of carbonyl (C=O) groups excluding carboxylic acids is 1. The van der Waals surface area contributed by atoms with Gasteiger partial charge in [0.05, 0.1) is 14.2 Å². The smallest absolute Gasteiger partial charge is 0.251 e. The number of hydrogen-bond donors (Lipinski definition) is 2. The molecule has 0 spiro atoms. The highest BCUT2D eigenvalue weighted by Crippen LogP contribution is 2.25. The molecule has 0 aliphatic carbocycles. The van der Waals surface area contributed by atoms with Gasteiger partial charge >= 0.3 is 0 Å². The standard InChI is InChI=1S/C21H26N2O3/c1-25-19-10-9-18(20(12-19)26-2)14-23-21(24)16-7-5-15(6-8-16)17-4-3-11-22-13-17/h5-10,12,17,22H,3-4,11,13-14H2,1-2H3,(H,23,24)/t17-/m0/s1. The molecule has 26 heavy (non-hydrogen) atoms. The minimum atomic E-state index is -0.0869. The fourth-order valence-corrected chi connectivity index (χ4v) is 3.32. The molecule has 1 aliphatic rings. The maximum Gasteiger partial charge on any atom is 0.251 e. The van der Waals surface area contributed by atoms with Gasteiger partial charge in [-0.1, -0.05) is 12.1 Å². The highest BCUT2D eigenvalue weighted by atomic mass is 16.5. The van der Waals surface area contributed by atoms with E-state index in [1.54, 1.807) is 14.2 Å². The number of methoxy groups -OCH3 is 2. The van der Waals surface area contributed by atoms with E-state index >= 15 is 0 Å². The zero-order chi connectivity index (χ0) is 18.4. The SMILES string of the molecule is COc1ccc(CNC(=O)c2ccc([C@H]3CCCNC3)cc2)c(OC)c1. The van der Waals surface area contributed by atoms with Crippen LogP contribution in [0.4, 0.5) is 0 Å². The first-order valence-electron chi connectivity index (χ1n) is 9.01. The van der Waals surface area contributed by atoms with Crippen molar-refractivity contribution < 1.29 is 14.3 Å². The van der Waals surface area contributed by atoms with Crippen LogP contribution in [-0.2, 0) is 6.54 Å². The number of ether oxygens (including phenoxy) is 2. The molecular weight excluding hydrogens is 328 g/mol. The van der Waals surface area contributed by atoms with Gasteiger partial charge in [0.25, 0.3) is 5.91 Å². The molecule has 1 saturated heterocycles. The van der Waals surface area contributed by atoms with Gasteiger partial charge in [-0.15, -0.1) is 0 Å². The largest absolute Gasteiger partial charge is 0.497 e. The summed E-state index contributed by atoms with van der Waals surface area (Å²) in [6.45, 7) is 2.52. The summed E-state index contributed by atoms with van der Waals surface area (Å²) in [5.74, 6) is 1.88. The number of carbonyl (C=O) groups is 1. The number of nitrogens with one attached hydrogen (secondary N) is 2. The van der Waals surface area contributed by atoms with Crippen LogP contribution in [0.1, 0.15) is 40.2 Å². The van der Waals surface area contributed by atoms with Crippen molar-refractivity contribution in [3.05, 3.63) is 59.2 Å². The monoisotopic (exact) mass is 354 g/mol. The summed E-state index contributed by atoms with van der Waals surface area (Å²) in [5, 5.41) is 6.38. The van der Waals surface area contributed by atoms with Crippen LogP contribution in [-0.4, -0.2) is 33.2 Å². The van der Waals surface area contributed by atoms with E-state index in [9.17, 15) is 4.79 Å². The first kappa shape index (κ1) is 18.3. The van der Waals surface area contributed by atoms with Crippen molar-refractivity contribution in [1.29, 1.82) is 0 Å². The average molecular weight is 354 g/mol. The summed E-state index contributed by atoms with van der Waals surface area (Å²) in [4.78, 5) is 12.4. The Hall–Kier alpha value is -2.53. The lowest BCUT2D eigenvalue weighted by Gasteiger charge is -2.23. The van der Waals surface area contributed by atoms with Crippen LogP contribution < -0.4 is 20.1 Å². The highest BCUT2D eigenvalue weighted by Gasteiger charge is 2.15. The number of piperidine rings is 1. The topological polar surface area (TPSA) is 59.6 Å². The van der Waals surface area contributed by atoms with Gasteiger partial charge in [-0.2, -0.15) is 0 Å². The minimum absolute atomic E-state index is 0.0869. The van der Waals surface area contributed by atoms with E-state index < -0.39 is 0 Å². The normalized spacial score (nSPS) is 16.8. The van der Waals surface area contributed by atoms with E-state index in [4.69, 9.17) is 9.47 Å². The van der Waals surface area contributed by atoms with Gasteiger partial charge in [0.15, 0.2) is 0 Å². The van der Waals surface area contributed by atoms with Gasteiger partial charge in [0.2, 0.25) is 0 Å². The Morgan fingerprint density at radius 1 is 1.15 bits per heavy atom. The van der Waals surface area contributed by atoms with Crippen LogP contribution >= 0.6 is 0 Å². The second kappa shape index (κ2) is 8.72. The van der Waals surface area contributed by atoms with Crippen molar-refractivity contribution in [3.8, 4) is 11.5 Å². The summed E-state index contributed by atoms with van der Waals surface area (Å²) < 4.78 is 10.6. The molecule has 138 valence electrons. The van der Waals surface area contributed by atoms with Crippen molar-refractivity contribution in [1.82, 2.24) is 10.6 Å². The second-order valence-corrected chi connectivity index (χ2v) is 6.53. The predicted octanol–water partition coefficient (Wildman–Crippen LogP) is 3.10. The highest BCUT2D eigenvalue weighted by molar-refractivity contribution is 5.94. The van der Waals surface area contributed by atoms with E-state index in [2.05, 4.69) is 22.8 Å². The van der Waals surface area contributed by atoms with Crippen LogP contribution in [0.5, 0.6) is 11.5 Å². The van der Waals surface area contributed by atoms with Crippen LogP contribution in [0, 0.1) is 0 Å². The fourth-order valence-electron chi connectivity index (χ4n) is 3.32. The van der Waals surface area contributed by atoms with Crippen molar-refractivity contribution in [2.24, 2.45) is 0 Å². The van der Waals surface area contributed by atoms with E-state index in [0.29, 0.717) is 23.8 Å². The van der Waals surface area contributed by atoms with Gasteiger partial charge in [0.1, 0.15) is 11.5 Å². The number of hydrogen-bond acceptors (Lipinski definition) is 4. The summed E-state index contributed by atoms with van der Waals surface area (Å²) in [6, 6.07) is 13.5. The van der Waals surface area contributed by atoms with Gasteiger partial charge in [-0.25, -0.2) is 0 Å². The Morgan fingerprint density at radius 2 is 1.96 bits per heavy atom. The van der Waals surface area contributed by atoms with Crippen molar-refractivity contribution in [2.75, 3.05) is 27.3 Å². The van der Waals surface area contributed by atoms with Crippen LogP contribution in [0.3, 0.4) is 0 Å². The van der Waals surface area contributed by atoms with Crippen molar-refractivity contribution >= 4 is 5.91 Å². The van der Waals surface area contributed by atoms with E-state index in [0.717, 1.165) is 24.4 Å². The molecule has 0 saturated carbocycles. The lowest BCUT2D eigenvalue weighted by atomic mass is 9.91. The third-order valence-corrected chi connectivity index (χ3v) is 4.87. The molecule has 1 heterocycles. The maximum atomic E-state index is 12.4. The van der Waals surface area contributed by atoms with E-state index in [-0.39, 0.29) is 5.91 Å². The molecular formula is C21H26N2O3. The van der Waals surface area contributed by atoms with Crippen LogP contribution in [0.15, 0.2) is 42.5 Å². The molecule has 5 nitrogen and oxygen atoms in total. The molecule has 1 aliphatic heterocycles. The third kappa shape index (κ3) is 4.35. The Labute approximate surface area is 154 Å². The summed E-state index contributed by atoms with van der Waals surface area (Å²) in [6.07, 6.45) is 2.41. The summed E-state index contributed by atoms with van der Waals surface area (Å²) in [7, 11) is 3.22. The number of amides is 1. The Kier molecular flexibility index (Phi) is 6.12.